The molecule has 2 aromatic carbocycles. The summed E-state index contributed by atoms with van der Waals surface area (Å²) in [7, 11) is 1.26. The number of ether oxygens (including phenoxy) is 2. The van der Waals surface area contributed by atoms with Gasteiger partial charge in [0.25, 0.3) is 0 Å². The molecule has 9 heteroatoms. The third kappa shape index (κ3) is 5.66. The van der Waals surface area contributed by atoms with Crippen molar-refractivity contribution in [1.29, 1.82) is 0 Å². The highest BCUT2D eigenvalue weighted by Crippen LogP contribution is 2.41. The molecular formula is C25H31FN2O6. The molecule has 34 heavy (non-hydrogen) atoms. The van der Waals surface area contributed by atoms with Crippen LogP contribution in [0.5, 0.6) is 0 Å². The van der Waals surface area contributed by atoms with Gasteiger partial charge in [0.2, 0.25) is 0 Å². The predicted octanol–water partition coefficient (Wildman–Crippen LogP) is 3.76. The van der Waals surface area contributed by atoms with Crippen molar-refractivity contribution in [3.8, 4) is 11.1 Å². The van der Waals surface area contributed by atoms with Gasteiger partial charge >= 0.3 is 12.2 Å². The fourth-order valence-electron chi connectivity index (χ4n) is 4.33. The maximum Gasteiger partial charge on any atom is 0.407 e. The second-order valence-corrected chi connectivity index (χ2v) is 8.25. The van der Waals surface area contributed by atoms with E-state index in [9.17, 15) is 19.8 Å². The Morgan fingerprint density at radius 3 is 2.76 bits per heavy atom. The number of nitrogens with zero attached hydrogens (tertiary/aromatic N) is 1. The summed E-state index contributed by atoms with van der Waals surface area (Å²) in [5.74, 6) is -0.497. The Morgan fingerprint density at radius 2 is 2.06 bits per heavy atom. The maximum atomic E-state index is 15.3. The van der Waals surface area contributed by atoms with E-state index in [1.54, 1.807) is 12.1 Å². The van der Waals surface area contributed by atoms with Gasteiger partial charge in [0.05, 0.1) is 20.3 Å². The zero-order chi connectivity index (χ0) is 24.7. The van der Waals surface area contributed by atoms with Gasteiger partial charge in [-0.1, -0.05) is 43.3 Å². The molecule has 1 fully saturated rings. The molecule has 3 rings (SSSR count). The van der Waals surface area contributed by atoms with Crippen LogP contribution < -0.4 is 5.32 Å². The lowest BCUT2D eigenvalue weighted by atomic mass is 9.79. The predicted molar refractivity (Wildman–Crippen MR) is 124 cm³/mol. The van der Waals surface area contributed by atoms with Crippen molar-refractivity contribution in [1.82, 2.24) is 10.2 Å². The number of hydrogen-bond donors (Lipinski definition) is 3. The van der Waals surface area contributed by atoms with Crippen LogP contribution in [-0.2, 0) is 21.5 Å². The lowest BCUT2D eigenvalue weighted by Gasteiger charge is -2.42. The Balaban J connectivity index is 2.04. The van der Waals surface area contributed by atoms with E-state index >= 15 is 4.39 Å². The number of aryl methyl sites for hydroxylation is 1. The molecule has 2 aromatic rings. The molecule has 1 heterocycles. The van der Waals surface area contributed by atoms with Gasteiger partial charge in [-0.3, -0.25) is 0 Å². The highest BCUT2D eigenvalue weighted by atomic mass is 19.1. The molecule has 0 saturated carbocycles. The first kappa shape index (κ1) is 25.5. The number of morpholine rings is 1. The second kappa shape index (κ2) is 11.3. The quantitative estimate of drug-likeness (QED) is 0.503. The van der Waals surface area contributed by atoms with Crippen LogP contribution in [0.2, 0.25) is 0 Å². The lowest BCUT2D eigenvalue weighted by Crippen LogP contribution is -2.54. The van der Waals surface area contributed by atoms with Crippen molar-refractivity contribution in [2.75, 3.05) is 33.4 Å². The highest BCUT2D eigenvalue weighted by molar-refractivity contribution is 5.70. The largest absolute Gasteiger partial charge is 0.465 e. The Morgan fingerprint density at radius 1 is 1.29 bits per heavy atom. The van der Waals surface area contributed by atoms with Crippen molar-refractivity contribution in [3.63, 3.8) is 0 Å². The summed E-state index contributed by atoms with van der Waals surface area (Å²) < 4.78 is 25.7. The van der Waals surface area contributed by atoms with Crippen LogP contribution in [0.25, 0.3) is 11.1 Å². The van der Waals surface area contributed by atoms with Crippen LogP contribution in [0.15, 0.2) is 42.5 Å². The van der Waals surface area contributed by atoms with Crippen LogP contribution >= 0.6 is 0 Å². The van der Waals surface area contributed by atoms with Gasteiger partial charge in [-0.2, -0.15) is 0 Å². The van der Waals surface area contributed by atoms with E-state index in [1.807, 2.05) is 25.1 Å². The molecule has 184 valence electrons. The molecule has 8 nitrogen and oxygen atoms in total. The molecule has 0 aliphatic carbocycles. The number of carbonyl (C=O) groups excluding carboxylic acids is 1. The Kier molecular flexibility index (Phi) is 8.46. The number of methoxy groups -OCH3 is 1. The number of carboxylic acid groups (broad SMARTS) is 1. The zero-order valence-corrected chi connectivity index (χ0v) is 19.4. The number of rotatable bonds is 8. The molecule has 3 N–H and O–H groups in total. The normalized spacial score (nSPS) is 17.6. The number of benzene rings is 2. The Labute approximate surface area is 198 Å². The number of nitrogens with one attached hydrogen (secondary N) is 1. The van der Waals surface area contributed by atoms with E-state index in [0.717, 1.165) is 12.0 Å². The fraction of sp³-hybridized carbons (Fsp3) is 0.440. The maximum absolute atomic E-state index is 15.3. The number of aliphatic hydroxyl groups is 1. The van der Waals surface area contributed by atoms with E-state index in [4.69, 9.17) is 4.74 Å². The summed E-state index contributed by atoms with van der Waals surface area (Å²) in [4.78, 5) is 24.2. The van der Waals surface area contributed by atoms with Crippen molar-refractivity contribution in [3.05, 3.63) is 59.4 Å². The van der Waals surface area contributed by atoms with Crippen LogP contribution in [-0.4, -0.2) is 66.8 Å². The zero-order valence-electron chi connectivity index (χ0n) is 19.4. The van der Waals surface area contributed by atoms with E-state index in [0.29, 0.717) is 17.5 Å². The molecule has 2 atom stereocenters. The van der Waals surface area contributed by atoms with Gasteiger partial charge in [0, 0.05) is 18.7 Å². The SMILES string of the molecule is CCc1cccc(-c2c(F)cccc2[C@@](O)(CCCNC(=O)OC)[C@H]2CN(C(=O)O)CCO2)c1. The first-order chi connectivity index (χ1) is 16.3. The second-order valence-electron chi connectivity index (χ2n) is 8.25. The average Bonchev–Trinajstić information content (AvgIpc) is 2.86. The monoisotopic (exact) mass is 474 g/mol. The van der Waals surface area contributed by atoms with Gasteiger partial charge in [-0.15, -0.1) is 0 Å². The summed E-state index contributed by atoms with van der Waals surface area (Å²) in [5.41, 5.74) is 0.479. The van der Waals surface area contributed by atoms with E-state index in [1.165, 1.54) is 24.1 Å². The highest BCUT2D eigenvalue weighted by Gasteiger charge is 2.44. The van der Waals surface area contributed by atoms with Crippen LogP contribution in [0.3, 0.4) is 0 Å². The van der Waals surface area contributed by atoms with E-state index in [-0.39, 0.29) is 38.2 Å². The molecule has 2 amide bonds. The molecule has 1 aliphatic heterocycles. The smallest absolute Gasteiger partial charge is 0.407 e. The number of halogens is 1. The van der Waals surface area contributed by atoms with Crippen molar-refractivity contribution < 1.29 is 33.7 Å². The summed E-state index contributed by atoms with van der Waals surface area (Å²) in [6.45, 7) is 2.43. The van der Waals surface area contributed by atoms with E-state index < -0.39 is 29.7 Å². The first-order valence-electron chi connectivity index (χ1n) is 11.3. The Hall–Kier alpha value is -3.17. The van der Waals surface area contributed by atoms with Crippen LogP contribution in [0, 0.1) is 5.82 Å². The van der Waals surface area contributed by atoms with Crippen molar-refractivity contribution in [2.45, 2.75) is 37.9 Å². The van der Waals surface area contributed by atoms with Gasteiger partial charge in [-0.05, 0) is 42.0 Å². The van der Waals surface area contributed by atoms with Gasteiger partial charge in [0.1, 0.15) is 17.5 Å². The molecule has 0 bridgehead atoms. The molecule has 0 radical (unpaired) electrons. The minimum absolute atomic E-state index is 0.0682. The average molecular weight is 475 g/mol. The standard InChI is InChI=1S/C25H31FN2O6/c1-3-17-7-4-8-18(15-17)22-19(9-5-10-20(22)26)25(32,11-6-12-27-23(29)33-2)21-16-28(24(30)31)13-14-34-21/h4-5,7-10,15,21,32H,3,6,11-14,16H2,1-2H3,(H,27,29)(H,30,31)/t21-,25+/m1/s1. The van der Waals surface area contributed by atoms with Gasteiger partial charge in [0.15, 0.2) is 0 Å². The summed E-state index contributed by atoms with van der Waals surface area (Å²) in [5, 5.41) is 24.1. The van der Waals surface area contributed by atoms with Crippen molar-refractivity contribution in [2.24, 2.45) is 0 Å². The van der Waals surface area contributed by atoms with Crippen LogP contribution in [0.4, 0.5) is 14.0 Å². The number of amides is 2. The Bertz CT molecular complexity index is 1020. The van der Waals surface area contributed by atoms with Gasteiger partial charge in [-0.25, -0.2) is 14.0 Å². The fourth-order valence-corrected chi connectivity index (χ4v) is 4.33. The summed E-state index contributed by atoms with van der Waals surface area (Å²) in [6.07, 6.45) is -1.45. The molecule has 0 unspecified atom stereocenters. The number of alkyl carbamates (subject to hydrolysis) is 1. The summed E-state index contributed by atoms with van der Waals surface area (Å²) in [6, 6.07) is 12.0. The molecular weight excluding hydrogens is 443 g/mol. The third-order valence-corrected chi connectivity index (χ3v) is 6.16. The van der Waals surface area contributed by atoms with Gasteiger partial charge < -0.3 is 29.9 Å². The minimum atomic E-state index is -1.72. The number of carbonyl (C=O) groups is 2. The molecule has 0 aromatic heterocycles. The van der Waals surface area contributed by atoms with Crippen LogP contribution in [0.1, 0.15) is 30.9 Å². The molecule has 1 saturated heterocycles. The first-order valence-corrected chi connectivity index (χ1v) is 11.3. The topological polar surface area (TPSA) is 108 Å². The van der Waals surface area contributed by atoms with Crippen molar-refractivity contribution >= 4 is 12.2 Å². The molecule has 0 spiro atoms. The third-order valence-electron chi connectivity index (χ3n) is 6.16. The molecule has 1 aliphatic rings. The number of hydrogen-bond acceptors (Lipinski definition) is 5. The lowest BCUT2D eigenvalue weighted by molar-refractivity contribution is -0.147. The minimum Gasteiger partial charge on any atom is -0.465 e. The van der Waals surface area contributed by atoms with E-state index in [2.05, 4.69) is 10.1 Å². The summed E-state index contributed by atoms with van der Waals surface area (Å²) >= 11 is 0.